The molecule has 0 aromatic carbocycles. The van der Waals surface area contributed by atoms with Crippen molar-refractivity contribution in [3.8, 4) is 0 Å². The maximum Gasteiger partial charge on any atom is 0.271 e. The average molecular weight is 278 g/mol. The number of hydrogen-bond donors (Lipinski definition) is 2. The monoisotopic (exact) mass is 278 g/mol. The fourth-order valence-electron chi connectivity index (χ4n) is 1.78. The molecule has 0 bridgehead atoms. The van der Waals surface area contributed by atoms with Crippen molar-refractivity contribution in [2.45, 2.75) is 26.4 Å². The molecule has 2 rings (SSSR count). The van der Waals surface area contributed by atoms with Crippen molar-refractivity contribution in [2.75, 3.05) is 6.54 Å². The number of thiophene rings is 1. The molecule has 0 saturated heterocycles. The van der Waals surface area contributed by atoms with Crippen LogP contribution in [0.3, 0.4) is 0 Å². The molecule has 2 aromatic rings. The fourth-order valence-corrected chi connectivity index (χ4v) is 2.66. The zero-order valence-corrected chi connectivity index (χ0v) is 11.9. The van der Waals surface area contributed by atoms with Crippen LogP contribution in [-0.4, -0.2) is 22.0 Å². The van der Waals surface area contributed by atoms with Gasteiger partial charge in [-0.3, -0.25) is 4.79 Å². The number of aromatic nitrogens is 2. The van der Waals surface area contributed by atoms with Crippen LogP contribution < -0.4 is 11.1 Å². The summed E-state index contributed by atoms with van der Waals surface area (Å²) in [6, 6.07) is 4.09. The van der Waals surface area contributed by atoms with Crippen LogP contribution in [0.4, 0.5) is 0 Å². The van der Waals surface area contributed by atoms with Gasteiger partial charge in [-0.25, -0.2) is 4.98 Å². The van der Waals surface area contributed by atoms with Crippen molar-refractivity contribution >= 4 is 17.2 Å². The first-order chi connectivity index (χ1) is 9.10. The topological polar surface area (TPSA) is 72.9 Å². The van der Waals surface area contributed by atoms with Gasteiger partial charge in [-0.15, -0.1) is 11.3 Å². The number of aryl methyl sites for hydroxylation is 1. The highest BCUT2D eigenvalue weighted by Crippen LogP contribution is 2.22. The maximum absolute atomic E-state index is 12.0. The molecule has 0 aliphatic heterocycles. The number of nitrogens with two attached hydrogens (primary N) is 1. The van der Waals surface area contributed by atoms with Gasteiger partial charge in [0.25, 0.3) is 5.91 Å². The highest BCUT2D eigenvalue weighted by molar-refractivity contribution is 7.12. The van der Waals surface area contributed by atoms with Crippen LogP contribution in [0.2, 0.25) is 0 Å². The number of carbonyl (C=O) groups is 1. The molecule has 1 amide bonds. The van der Waals surface area contributed by atoms with E-state index in [1.807, 2.05) is 17.6 Å². The number of nitrogens with zero attached hydrogens (tertiary/aromatic N) is 2. The van der Waals surface area contributed by atoms with Gasteiger partial charge >= 0.3 is 0 Å². The van der Waals surface area contributed by atoms with Crippen molar-refractivity contribution < 1.29 is 4.79 Å². The highest BCUT2D eigenvalue weighted by atomic mass is 32.1. The Morgan fingerprint density at radius 3 is 3.00 bits per heavy atom. The molecule has 19 heavy (non-hydrogen) atoms. The quantitative estimate of drug-likeness (QED) is 0.874. The summed E-state index contributed by atoms with van der Waals surface area (Å²) in [6.07, 6.45) is 3.34. The van der Waals surface area contributed by atoms with Crippen molar-refractivity contribution in [3.05, 3.63) is 40.1 Å². The Morgan fingerprint density at radius 2 is 2.37 bits per heavy atom. The van der Waals surface area contributed by atoms with Crippen LogP contribution in [0.25, 0.3) is 0 Å². The van der Waals surface area contributed by atoms with E-state index in [1.165, 1.54) is 4.88 Å². The molecule has 102 valence electrons. The molecule has 6 heteroatoms. The molecule has 0 radical (unpaired) electrons. The largest absolute Gasteiger partial charge is 0.343 e. The van der Waals surface area contributed by atoms with Crippen molar-refractivity contribution in [1.29, 1.82) is 0 Å². The summed E-state index contributed by atoms with van der Waals surface area (Å²) in [5.41, 5.74) is 5.88. The number of carbonyl (C=O) groups excluding carboxylic acids is 1. The average Bonchev–Trinajstić information content (AvgIpc) is 2.98. The van der Waals surface area contributed by atoms with Gasteiger partial charge in [-0.1, -0.05) is 0 Å². The van der Waals surface area contributed by atoms with Gasteiger partial charge in [0.1, 0.15) is 5.69 Å². The summed E-state index contributed by atoms with van der Waals surface area (Å²) < 4.78 is 1.81. The first-order valence-corrected chi connectivity index (χ1v) is 7.01. The molecule has 5 nitrogen and oxygen atoms in total. The van der Waals surface area contributed by atoms with Gasteiger partial charge in [0.15, 0.2) is 0 Å². The van der Waals surface area contributed by atoms with Gasteiger partial charge in [-0.2, -0.15) is 0 Å². The summed E-state index contributed by atoms with van der Waals surface area (Å²) >= 11 is 1.69. The first-order valence-electron chi connectivity index (χ1n) is 6.19. The van der Waals surface area contributed by atoms with E-state index < -0.39 is 0 Å². The van der Waals surface area contributed by atoms with E-state index in [9.17, 15) is 4.79 Å². The Hall–Kier alpha value is -1.66. The summed E-state index contributed by atoms with van der Waals surface area (Å²) in [7, 11) is 0. The highest BCUT2D eigenvalue weighted by Gasteiger charge is 2.14. The van der Waals surface area contributed by atoms with Gasteiger partial charge in [0.05, 0.1) is 12.4 Å². The van der Waals surface area contributed by atoms with Crippen LogP contribution in [-0.2, 0) is 6.54 Å². The third-order valence-electron chi connectivity index (χ3n) is 2.79. The molecule has 0 saturated carbocycles. The molecular formula is C13H18N4OS. The molecule has 1 atom stereocenters. The van der Waals surface area contributed by atoms with Crippen molar-refractivity contribution in [3.63, 3.8) is 0 Å². The van der Waals surface area contributed by atoms with Gasteiger partial charge in [0.2, 0.25) is 0 Å². The lowest BCUT2D eigenvalue weighted by Gasteiger charge is -2.10. The predicted molar refractivity (Wildman–Crippen MR) is 76.2 cm³/mol. The summed E-state index contributed by atoms with van der Waals surface area (Å²) in [5, 5.41) is 2.95. The molecule has 0 spiro atoms. The number of nitrogens with one attached hydrogen (secondary N) is 1. The molecule has 1 unspecified atom stereocenters. The molecular weight excluding hydrogens is 260 g/mol. The van der Waals surface area contributed by atoms with E-state index >= 15 is 0 Å². The number of imidazole rings is 1. The Balaban J connectivity index is 1.99. The SMILES string of the molecule is Cc1ccc(C(C)NC(=O)c2cn(CCN)cn2)s1. The van der Waals surface area contributed by atoms with Crippen LogP contribution in [0.1, 0.15) is 33.2 Å². The third kappa shape index (κ3) is 3.42. The first kappa shape index (κ1) is 13.8. The summed E-state index contributed by atoms with van der Waals surface area (Å²) in [4.78, 5) is 18.5. The van der Waals surface area contributed by atoms with Gasteiger partial charge < -0.3 is 15.6 Å². The third-order valence-corrected chi connectivity index (χ3v) is 3.97. The fraction of sp³-hybridized carbons (Fsp3) is 0.385. The van der Waals surface area contributed by atoms with Crippen molar-refractivity contribution in [2.24, 2.45) is 5.73 Å². The summed E-state index contributed by atoms with van der Waals surface area (Å²) in [6.45, 7) is 5.22. The smallest absolute Gasteiger partial charge is 0.271 e. The Labute approximate surface area is 116 Å². The maximum atomic E-state index is 12.0. The number of rotatable bonds is 5. The Bertz CT molecular complexity index is 560. The zero-order chi connectivity index (χ0) is 13.8. The standard InChI is InChI=1S/C13H18N4OS/c1-9-3-4-12(19-9)10(2)16-13(18)11-7-17(6-5-14)8-15-11/h3-4,7-8,10H,5-6,14H2,1-2H3,(H,16,18). The van der Waals surface area contributed by atoms with E-state index in [0.29, 0.717) is 18.8 Å². The minimum Gasteiger partial charge on any atom is -0.343 e. The number of amides is 1. The van der Waals surface area contributed by atoms with Crippen LogP contribution >= 0.6 is 11.3 Å². The molecule has 3 N–H and O–H groups in total. The van der Waals surface area contributed by atoms with E-state index in [4.69, 9.17) is 5.73 Å². The molecule has 2 aromatic heterocycles. The molecule has 0 aliphatic carbocycles. The second-order valence-corrected chi connectivity index (χ2v) is 5.75. The second-order valence-electron chi connectivity index (χ2n) is 4.43. The van der Waals surface area contributed by atoms with E-state index in [2.05, 4.69) is 23.3 Å². The van der Waals surface area contributed by atoms with E-state index in [0.717, 1.165) is 4.88 Å². The molecule has 0 aliphatic rings. The molecule has 2 heterocycles. The van der Waals surface area contributed by atoms with E-state index in [1.54, 1.807) is 23.9 Å². The Kier molecular flexibility index (Phi) is 4.34. The lowest BCUT2D eigenvalue weighted by Crippen LogP contribution is -2.26. The van der Waals surface area contributed by atoms with Gasteiger partial charge in [0, 0.05) is 29.0 Å². The number of hydrogen-bond acceptors (Lipinski definition) is 4. The van der Waals surface area contributed by atoms with Gasteiger partial charge in [-0.05, 0) is 26.0 Å². The lowest BCUT2D eigenvalue weighted by molar-refractivity contribution is 0.0936. The van der Waals surface area contributed by atoms with E-state index in [-0.39, 0.29) is 11.9 Å². The lowest BCUT2D eigenvalue weighted by atomic mass is 10.2. The van der Waals surface area contributed by atoms with Crippen LogP contribution in [0, 0.1) is 6.92 Å². The van der Waals surface area contributed by atoms with Crippen LogP contribution in [0.5, 0.6) is 0 Å². The normalized spacial score (nSPS) is 12.4. The zero-order valence-electron chi connectivity index (χ0n) is 11.1. The van der Waals surface area contributed by atoms with Crippen molar-refractivity contribution in [1.82, 2.24) is 14.9 Å². The predicted octanol–water partition coefficient (Wildman–Crippen LogP) is 1.70. The minimum absolute atomic E-state index is 0.00846. The molecule has 0 fully saturated rings. The second kappa shape index (κ2) is 5.99. The summed E-state index contributed by atoms with van der Waals surface area (Å²) in [5.74, 6) is -0.158. The van der Waals surface area contributed by atoms with Crippen LogP contribution in [0.15, 0.2) is 24.7 Å². The minimum atomic E-state index is -0.158. The Morgan fingerprint density at radius 1 is 1.58 bits per heavy atom.